The van der Waals surface area contributed by atoms with Gasteiger partial charge in [-0.15, -0.1) is 11.3 Å². The SMILES string of the molecule is CCC(CNC(=O)c1cc2cc([N+](=O)[O-])ccc2s1)N1CCCC1. The molecule has 1 aliphatic heterocycles. The van der Waals surface area contributed by atoms with Crippen molar-refractivity contribution in [2.75, 3.05) is 19.6 Å². The number of rotatable bonds is 6. The average Bonchev–Trinajstić information content (AvgIpc) is 3.24. The summed E-state index contributed by atoms with van der Waals surface area (Å²) >= 11 is 1.37. The number of carbonyl (C=O) groups is 1. The van der Waals surface area contributed by atoms with Crippen LogP contribution in [0.5, 0.6) is 0 Å². The van der Waals surface area contributed by atoms with Crippen molar-refractivity contribution in [3.8, 4) is 0 Å². The minimum absolute atomic E-state index is 0.0485. The predicted octanol–water partition coefficient (Wildman–Crippen LogP) is 3.41. The fraction of sp³-hybridized carbons (Fsp3) is 0.471. The van der Waals surface area contributed by atoms with Gasteiger partial charge in [0, 0.05) is 34.8 Å². The summed E-state index contributed by atoms with van der Waals surface area (Å²) in [6, 6.07) is 6.81. The van der Waals surface area contributed by atoms with E-state index in [9.17, 15) is 14.9 Å². The van der Waals surface area contributed by atoms with Crippen molar-refractivity contribution in [3.05, 3.63) is 39.3 Å². The molecule has 1 aromatic carbocycles. The van der Waals surface area contributed by atoms with E-state index in [1.54, 1.807) is 12.1 Å². The van der Waals surface area contributed by atoms with E-state index in [2.05, 4.69) is 17.1 Å². The molecule has 2 heterocycles. The van der Waals surface area contributed by atoms with E-state index in [1.165, 1.54) is 36.3 Å². The Balaban J connectivity index is 1.68. The number of likely N-dealkylation sites (tertiary alicyclic amines) is 1. The van der Waals surface area contributed by atoms with E-state index < -0.39 is 4.92 Å². The molecule has 1 fully saturated rings. The molecule has 0 bridgehead atoms. The molecule has 0 aliphatic carbocycles. The summed E-state index contributed by atoms with van der Waals surface area (Å²) in [5, 5.41) is 14.6. The monoisotopic (exact) mass is 347 g/mol. The van der Waals surface area contributed by atoms with E-state index >= 15 is 0 Å². The molecule has 6 nitrogen and oxygen atoms in total. The van der Waals surface area contributed by atoms with Crippen LogP contribution >= 0.6 is 11.3 Å². The van der Waals surface area contributed by atoms with Crippen molar-refractivity contribution < 1.29 is 9.72 Å². The van der Waals surface area contributed by atoms with Crippen molar-refractivity contribution in [2.24, 2.45) is 0 Å². The number of benzene rings is 1. The molecule has 0 radical (unpaired) electrons. The summed E-state index contributed by atoms with van der Waals surface area (Å²) in [5.74, 6) is -0.100. The lowest BCUT2D eigenvalue weighted by atomic mass is 10.2. The number of thiophene rings is 1. The highest BCUT2D eigenvalue weighted by molar-refractivity contribution is 7.20. The molecular formula is C17H21N3O3S. The molecule has 1 aliphatic rings. The molecular weight excluding hydrogens is 326 g/mol. The Morgan fingerprint density at radius 2 is 2.12 bits per heavy atom. The molecule has 1 saturated heterocycles. The van der Waals surface area contributed by atoms with Gasteiger partial charge in [0.1, 0.15) is 0 Å². The van der Waals surface area contributed by atoms with E-state index in [-0.39, 0.29) is 11.6 Å². The van der Waals surface area contributed by atoms with Crippen molar-refractivity contribution in [1.82, 2.24) is 10.2 Å². The van der Waals surface area contributed by atoms with Crippen molar-refractivity contribution >= 4 is 33.0 Å². The van der Waals surface area contributed by atoms with E-state index in [4.69, 9.17) is 0 Å². The number of hydrogen-bond donors (Lipinski definition) is 1. The molecule has 1 unspecified atom stereocenters. The Hall–Kier alpha value is -1.99. The van der Waals surface area contributed by atoms with Gasteiger partial charge in [0.2, 0.25) is 0 Å². The second-order valence-corrected chi connectivity index (χ2v) is 7.19. The number of non-ortho nitro benzene ring substituents is 1. The quantitative estimate of drug-likeness (QED) is 0.642. The summed E-state index contributed by atoms with van der Waals surface area (Å²) in [6.45, 7) is 5.01. The number of carbonyl (C=O) groups excluding carboxylic acids is 1. The first-order valence-corrected chi connectivity index (χ1v) is 9.10. The van der Waals surface area contributed by atoms with Crippen LogP contribution in [0.15, 0.2) is 24.3 Å². The molecule has 2 aromatic rings. The normalized spacial score (nSPS) is 16.4. The first-order chi connectivity index (χ1) is 11.6. The first-order valence-electron chi connectivity index (χ1n) is 8.28. The van der Waals surface area contributed by atoms with Crippen molar-refractivity contribution in [2.45, 2.75) is 32.2 Å². The van der Waals surface area contributed by atoms with E-state index in [0.717, 1.165) is 29.6 Å². The number of nitrogens with zero attached hydrogens (tertiary/aromatic N) is 2. The summed E-state index contributed by atoms with van der Waals surface area (Å²) in [7, 11) is 0. The van der Waals surface area contributed by atoms with Gasteiger partial charge >= 0.3 is 0 Å². The number of amides is 1. The topological polar surface area (TPSA) is 75.5 Å². The Kier molecular flexibility index (Phi) is 5.11. The third-order valence-electron chi connectivity index (χ3n) is 4.56. The number of fused-ring (bicyclic) bond motifs is 1. The zero-order valence-electron chi connectivity index (χ0n) is 13.7. The number of nitro benzene ring substituents is 1. The lowest BCUT2D eigenvalue weighted by molar-refractivity contribution is -0.384. The van der Waals surface area contributed by atoms with Crippen LogP contribution in [-0.2, 0) is 0 Å². The molecule has 0 saturated carbocycles. The fourth-order valence-electron chi connectivity index (χ4n) is 3.19. The summed E-state index contributed by atoms with van der Waals surface area (Å²) in [4.78, 5) is 25.9. The van der Waals surface area contributed by atoms with Crippen LogP contribution in [0, 0.1) is 10.1 Å². The maximum Gasteiger partial charge on any atom is 0.270 e. The predicted molar refractivity (Wildman–Crippen MR) is 95.7 cm³/mol. The van der Waals surface area contributed by atoms with Crippen LogP contribution in [0.3, 0.4) is 0 Å². The zero-order valence-corrected chi connectivity index (χ0v) is 14.5. The lowest BCUT2D eigenvalue weighted by Crippen LogP contribution is -2.42. The summed E-state index contributed by atoms with van der Waals surface area (Å²) in [6.07, 6.45) is 3.48. The summed E-state index contributed by atoms with van der Waals surface area (Å²) in [5.41, 5.74) is 0.0485. The van der Waals surface area contributed by atoms with Gasteiger partial charge in [-0.2, -0.15) is 0 Å². The van der Waals surface area contributed by atoms with E-state index in [1.807, 2.05) is 0 Å². The van der Waals surface area contributed by atoms with Gasteiger partial charge in [-0.25, -0.2) is 0 Å². The largest absolute Gasteiger partial charge is 0.350 e. The Bertz CT molecular complexity index is 753. The summed E-state index contributed by atoms with van der Waals surface area (Å²) < 4.78 is 0.886. The second-order valence-electron chi connectivity index (χ2n) is 6.11. The minimum Gasteiger partial charge on any atom is -0.350 e. The van der Waals surface area contributed by atoms with Gasteiger partial charge in [-0.1, -0.05) is 6.92 Å². The molecule has 7 heteroatoms. The maximum atomic E-state index is 12.4. The van der Waals surface area contributed by atoms with Crippen molar-refractivity contribution in [1.29, 1.82) is 0 Å². The highest BCUT2D eigenvalue weighted by atomic mass is 32.1. The van der Waals surface area contributed by atoms with Crippen LogP contribution in [0.2, 0.25) is 0 Å². The molecule has 0 spiro atoms. The molecule has 128 valence electrons. The standard InChI is InChI=1S/C17H21N3O3S/c1-2-13(19-7-3-4-8-19)11-18-17(21)16-10-12-9-14(20(22)23)5-6-15(12)24-16/h5-6,9-10,13H,2-4,7-8,11H2,1H3,(H,18,21). The third-order valence-corrected chi connectivity index (χ3v) is 5.68. The van der Waals surface area contributed by atoms with Crippen molar-refractivity contribution in [3.63, 3.8) is 0 Å². The highest BCUT2D eigenvalue weighted by Crippen LogP contribution is 2.29. The first kappa shape index (κ1) is 16.9. The van der Waals surface area contributed by atoms with Crippen LogP contribution in [0.25, 0.3) is 10.1 Å². The van der Waals surface area contributed by atoms with Crippen LogP contribution < -0.4 is 5.32 Å². The van der Waals surface area contributed by atoms with Crippen LogP contribution in [0.4, 0.5) is 5.69 Å². The Morgan fingerprint density at radius 1 is 1.38 bits per heavy atom. The molecule has 24 heavy (non-hydrogen) atoms. The van der Waals surface area contributed by atoms with Gasteiger partial charge in [0.15, 0.2) is 0 Å². The fourth-order valence-corrected chi connectivity index (χ4v) is 4.15. The second kappa shape index (κ2) is 7.27. The Labute approximate surface area is 144 Å². The van der Waals surface area contributed by atoms with Crippen LogP contribution in [0.1, 0.15) is 35.9 Å². The van der Waals surface area contributed by atoms with Gasteiger partial charge in [0.05, 0.1) is 9.80 Å². The average molecular weight is 347 g/mol. The minimum atomic E-state index is -0.418. The lowest BCUT2D eigenvalue weighted by Gasteiger charge is -2.26. The Morgan fingerprint density at radius 3 is 2.79 bits per heavy atom. The number of nitrogens with one attached hydrogen (secondary N) is 1. The number of nitro groups is 1. The highest BCUT2D eigenvalue weighted by Gasteiger charge is 2.21. The van der Waals surface area contributed by atoms with Gasteiger partial charge < -0.3 is 5.32 Å². The zero-order chi connectivity index (χ0) is 17.1. The van der Waals surface area contributed by atoms with Gasteiger partial charge in [-0.05, 0) is 44.5 Å². The molecule has 1 atom stereocenters. The molecule has 1 aromatic heterocycles. The molecule has 1 amide bonds. The van der Waals surface area contributed by atoms with E-state index in [0.29, 0.717) is 17.5 Å². The molecule has 3 rings (SSSR count). The van der Waals surface area contributed by atoms with Crippen LogP contribution in [-0.4, -0.2) is 41.4 Å². The molecule has 1 N–H and O–H groups in total. The van der Waals surface area contributed by atoms with Gasteiger partial charge in [-0.3, -0.25) is 19.8 Å². The number of hydrogen-bond acceptors (Lipinski definition) is 5. The van der Waals surface area contributed by atoms with Gasteiger partial charge in [0.25, 0.3) is 11.6 Å². The smallest absolute Gasteiger partial charge is 0.270 e. The third kappa shape index (κ3) is 3.57. The maximum absolute atomic E-state index is 12.4.